The first-order chi connectivity index (χ1) is 13.3. The molecule has 27 heavy (non-hydrogen) atoms. The minimum atomic E-state index is 0.623. The van der Waals surface area contributed by atoms with E-state index in [1.165, 1.54) is 37.1 Å². The van der Waals surface area contributed by atoms with Crippen molar-refractivity contribution in [2.75, 3.05) is 26.3 Å². The van der Waals surface area contributed by atoms with Crippen LogP contribution in [0.15, 0.2) is 36.4 Å². The topological polar surface area (TPSA) is 33.7 Å². The molecule has 0 aromatic heterocycles. The first-order valence-corrected chi connectivity index (χ1v) is 10.2. The van der Waals surface area contributed by atoms with Crippen LogP contribution in [0.3, 0.4) is 0 Å². The third-order valence-corrected chi connectivity index (χ3v) is 5.43. The van der Waals surface area contributed by atoms with E-state index in [1.807, 2.05) is 12.1 Å². The lowest BCUT2D eigenvalue weighted by atomic mass is 10.1. The van der Waals surface area contributed by atoms with Crippen LogP contribution in [0.25, 0.3) is 0 Å². The van der Waals surface area contributed by atoms with E-state index in [1.54, 1.807) is 0 Å². The normalized spacial score (nSPS) is 17.1. The summed E-state index contributed by atoms with van der Waals surface area (Å²) in [7, 11) is 0. The highest BCUT2D eigenvalue weighted by Gasteiger charge is 2.15. The van der Waals surface area contributed by atoms with Crippen molar-refractivity contribution in [3.05, 3.63) is 58.1 Å². The van der Waals surface area contributed by atoms with Gasteiger partial charge in [0.05, 0.1) is 18.2 Å². The van der Waals surface area contributed by atoms with Crippen LogP contribution in [0, 0.1) is 0 Å². The molecule has 5 heteroatoms. The molecule has 2 aromatic rings. The standard InChI is InChI=1S/C22H27ClN2O2/c23-20-12-19(13-21-22(20)27-11-3-10-26-21)15-24-14-17-4-6-18(7-5-17)16-25-8-1-2-9-25/h4-7,12-13,24H,1-3,8-11,14-16H2. The molecule has 1 saturated heterocycles. The second kappa shape index (κ2) is 8.96. The molecule has 4 rings (SSSR count). The van der Waals surface area contributed by atoms with Crippen LogP contribution < -0.4 is 14.8 Å². The van der Waals surface area contributed by atoms with E-state index in [9.17, 15) is 0 Å². The molecule has 2 aliphatic heterocycles. The van der Waals surface area contributed by atoms with Crippen molar-refractivity contribution in [3.8, 4) is 11.5 Å². The smallest absolute Gasteiger partial charge is 0.179 e. The van der Waals surface area contributed by atoms with E-state index in [0.717, 1.165) is 37.4 Å². The van der Waals surface area contributed by atoms with Gasteiger partial charge >= 0.3 is 0 Å². The quantitative estimate of drug-likeness (QED) is 0.798. The van der Waals surface area contributed by atoms with Crippen molar-refractivity contribution in [1.29, 1.82) is 0 Å². The Morgan fingerprint density at radius 1 is 0.852 bits per heavy atom. The number of benzene rings is 2. The van der Waals surface area contributed by atoms with Gasteiger partial charge in [-0.15, -0.1) is 0 Å². The summed E-state index contributed by atoms with van der Waals surface area (Å²) in [6.07, 6.45) is 3.56. The number of fused-ring (bicyclic) bond motifs is 1. The molecule has 2 aromatic carbocycles. The molecule has 0 spiro atoms. The molecular formula is C22H27ClN2O2. The molecule has 1 fully saturated rings. The maximum Gasteiger partial charge on any atom is 0.179 e. The first-order valence-electron chi connectivity index (χ1n) is 9.87. The van der Waals surface area contributed by atoms with Gasteiger partial charge in [0.1, 0.15) is 0 Å². The van der Waals surface area contributed by atoms with Gasteiger partial charge in [0.2, 0.25) is 0 Å². The predicted octanol–water partition coefficient (Wildman–Crippen LogP) is 4.39. The second-order valence-electron chi connectivity index (χ2n) is 7.36. The number of hydrogen-bond acceptors (Lipinski definition) is 4. The van der Waals surface area contributed by atoms with E-state index >= 15 is 0 Å². The Kier molecular flexibility index (Phi) is 6.17. The molecule has 0 atom stereocenters. The third-order valence-electron chi connectivity index (χ3n) is 5.15. The lowest BCUT2D eigenvalue weighted by Gasteiger charge is -2.15. The van der Waals surface area contributed by atoms with Gasteiger partial charge < -0.3 is 14.8 Å². The zero-order valence-corrected chi connectivity index (χ0v) is 16.4. The monoisotopic (exact) mass is 386 g/mol. The van der Waals surface area contributed by atoms with Crippen molar-refractivity contribution in [2.45, 2.75) is 38.9 Å². The number of ether oxygens (including phenoxy) is 2. The van der Waals surface area contributed by atoms with Crippen molar-refractivity contribution >= 4 is 11.6 Å². The lowest BCUT2D eigenvalue weighted by molar-refractivity contribution is 0.297. The molecule has 2 aliphatic rings. The molecule has 0 amide bonds. The van der Waals surface area contributed by atoms with E-state index in [4.69, 9.17) is 21.1 Å². The highest BCUT2D eigenvalue weighted by Crippen LogP contribution is 2.37. The Morgan fingerprint density at radius 3 is 2.37 bits per heavy atom. The molecule has 0 bridgehead atoms. The van der Waals surface area contributed by atoms with Gasteiger partial charge in [0.25, 0.3) is 0 Å². The van der Waals surface area contributed by atoms with Gasteiger partial charge in [0.15, 0.2) is 11.5 Å². The van der Waals surface area contributed by atoms with Gasteiger partial charge in [-0.05, 0) is 54.8 Å². The highest BCUT2D eigenvalue weighted by atomic mass is 35.5. The maximum absolute atomic E-state index is 6.37. The van der Waals surface area contributed by atoms with E-state index in [2.05, 4.69) is 34.5 Å². The molecule has 1 N–H and O–H groups in total. The van der Waals surface area contributed by atoms with Crippen LogP contribution in [-0.2, 0) is 19.6 Å². The zero-order valence-electron chi connectivity index (χ0n) is 15.7. The summed E-state index contributed by atoms with van der Waals surface area (Å²) in [5.74, 6) is 1.43. The number of likely N-dealkylation sites (tertiary alicyclic amines) is 1. The van der Waals surface area contributed by atoms with E-state index < -0.39 is 0 Å². The third kappa shape index (κ3) is 4.95. The van der Waals surface area contributed by atoms with Crippen LogP contribution in [0.1, 0.15) is 36.0 Å². The largest absolute Gasteiger partial charge is 0.489 e. The minimum absolute atomic E-state index is 0.623. The van der Waals surface area contributed by atoms with Gasteiger partial charge in [-0.3, -0.25) is 4.90 Å². The van der Waals surface area contributed by atoms with Crippen LogP contribution >= 0.6 is 11.6 Å². The number of rotatable bonds is 6. The minimum Gasteiger partial charge on any atom is -0.489 e. The molecule has 2 heterocycles. The summed E-state index contributed by atoms with van der Waals surface area (Å²) >= 11 is 6.37. The Labute approximate surface area is 166 Å². The summed E-state index contributed by atoms with van der Waals surface area (Å²) in [6, 6.07) is 12.9. The molecular weight excluding hydrogens is 360 g/mol. The van der Waals surface area contributed by atoms with Gasteiger partial charge in [-0.25, -0.2) is 0 Å². The number of halogens is 1. The van der Waals surface area contributed by atoms with Crippen molar-refractivity contribution in [3.63, 3.8) is 0 Å². The summed E-state index contributed by atoms with van der Waals surface area (Å²) in [5, 5.41) is 4.12. The first kappa shape index (κ1) is 18.6. The summed E-state index contributed by atoms with van der Waals surface area (Å²) in [4.78, 5) is 2.53. The summed E-state index contributed by atoms with van der Waals surface area (Å²) in [5.41, 5.74) is 3.80. The lowest BCUT2D eigenvalue weighted by Crippen LogP contribution is -2.18. The van der Waals surface area contributed by atoms with Crippen molar-refractivity contribution < 1.29 is 9.47 Å². The van der Waals surface area contributed by atoms with Gasteiger partial charge in [-0.2, -0.15) is 0 Å². The Bertz CT molecular complexity index is 758. The van der Waals surface area contributed by atoms with Gasteiger partial charge in [-0.1, -0.05) is 35.9 Å². The fraction of sp³-hybridized carbons (Fsp3) is 0.455. The molecule has 0 unspecified atom stereocenters. The van der Waals surface area contributed by atoms with Crippen LogP contribution in [0.5, 0.6) is 11.5 Å². The highest BCUT2D eigenvalue weighted by molar-refractivity contribution is 6.32. The Hall–Kier alpha value is -1.75. The maximum atomic E-state index is 6.37. The fourth-order valence-corrected chi connectivity index (χ4v) is 3.99. The summed E-state index contributed by atoms with van der Waals surface area (Å²) in [6.45, 7) is 6.44. The zero-order chi connectivity index (χ0) is 18.5. The predicted molar refractivity (Wildman–Crippen MR) is 109 cm³/mol. The number of hydrogen-bond donors (Lipinski definition) is 1. The van der Waals surface area contributed by atoms with Crippen molar-refractivity contribution in [2.24, 2.45) is 0 Å². The molecule has 0 saturated carbocycles. The Balaban J connectivity index is 1.30. The molecule has 0 radical (unpaired) electrons. The van der Waals surface area contributed by atoms with Crippen LogP contribution in [0.4, 0.5) is 0 Å². The fourth-order valence-electron chi connectivity index (χ4n) is 3.70. The average molecular weight is 387 g/mol. The van der Waals surface area contributed by atoms with Crippen LogP contribution in [-0.4, -0.2) is 31.2 Å². The average Bonchev–Trinajstić information content (AvgIpc) is 3.06. The number of nitrogens with one attached hydrogen (secondary N) is 1. The van der Waals surface area contributed by atoms with E-state index in [-0.39, 0.29) is 0 Å². The van der Waals surface area contributed by atoms with Gasteiger partial charge in [0, 0.05) is 26.1 Å². The van der Waals surface area contributed by atoms with E-state index in [0.29, 0.717) is 24.0 Å². The number of nitrogens with zero attached hydrogens (tertiary/aromatic N) is 1. The van der Waals surface area contributed by atoms with Crippen molar-refractivity contribution in [1.82, 2.24) is 10.2 Å². The SMILES string of the molecule is Clc1cc(CNCc2ccc(CN3CCCC3)cc2)cc2c1OCCCO2. The molecule has 144 valence electrons. The molecule has 4 nitrogen and oxygen atoms in total. The van der Waals surface area contributed by atoms with Crippen LogP contribution in [0.2, 0.25) is 5.02 Å². The summed E-state index contributed by atoms with van der Waals surface area (Å²) < 4.78 is 11.4. The second-order valence-corrected chi connectivity index (χ2v) is 7.77. The molecule has 0 aliphatic carbocycles. The Morgan fingerprint density at radius 2 is 1.56 bits per heavy atom.